The second-order valence-electron chi connectivity index (χ2n) is 6.22. The molecule has 140 valence electrons. The molecular weight excluding hydrogens is 380 g/mol. The van der Waals surface area contributed by atoms with E-state index in [0.29, 0.717) is 0 Å². The van der Waals surface area contributed by atoms with Crippen LogP contribution in [0.15, 0.2) is 0 Å². The average Bonchev–Trinajstić information content (AvgIpc) is 2.63. The first-order chi connectivity index (χ1) is 12.6. The van der Waals surface area contributed by atoms with Gasteiger partial charge in [-0.3, -0.25) is 0 Å². The molecule has 0 radical (unpaired) electrons. The van der Waals surface area contributed by atoms with Gasteiger partial charge in [-0.25, -0.2) is 35.1 Å². The normalized spacial score (nSPS) is 12.2. The van der Waals surface area contributed by atoms with Crippen molar-refractivity contribution in [1.29, 1.82) is 0 Å². The quantitative estimate of drug-likeness (QED) is 0.256. The lowest BCUT2D eigenvalue weighted by molar-refractivity contribution is 0.483. The topological polar surface area (TPSA) is 0 Å². The minimum Gasteiger partial charge on any atom is -0.203 e. The van der Waals surface area contributed by atoms with E-state index in [2.05, 4.69) is 0 Å². The predicted octanol–water partition coefficient (Wildman–Crippen LogP) is 6.57. The molecule has 0 unspecified atom stereocenters. The van der Waals surface area contributed by atoms with Gasteiger partial charge in [0.15, 0.2) is 46.5 Å². The summed E-state index contributed by atoms with van der Waals surface area (Å²) in [5.41, 5.74) is -1.32. The number of halogens is 8. The summed E-state index contributed by atoms with van der Waals surface area (Å²) >= 11 is 0. The number of aryl methyl sites for hydroxylation is 2. The van der Waals surface area contributed by atoms with Gasteiger partial charge in [-0.15, -0.1) is 0 Å². The Morgan fingerprint density at radius 3 is 1.33 bits per heavy atom. The van der Waals surface area contributed by atoms with Gasteiger partial charge >= 0.3 is 0 Å². The monoisotopic (exact) mass is 388 g/mol. The van der Waals surface area contributed by atoms with E-state index in [1.807, 2.05) is 0 Å². The second kappa shape index (κ2) is 5.43. The third-order valence-corrected chi connectivity index (χ3v) is 4.96. The maximum absolute atomic E-state index is 14.7. The van der Waals surface area contributed by atoms with Crippen LogP contribution in [0.4, 0.5) is 35.1 Å². The summed E-state index contributed by atoms with van der Waals surface area (Å²) < 4.78 is 116. The summed E-state index contributed by atoms with van der Waals surface area (Å²) in [5, 5.41) is -5.70. The van der Waals surface area contributed by atoms with Crippen molar-refractivity contribution in [3.05, 3.63) is 57.7 Å². The Morgan fingerprint density at radius 1 is 0.444 bits per heavy atom. The molecule has 8 heteroatoms. The van der Waals surface area contributed by atoms with Gasteiger partial charge in [-0.05, 0) is 18.9 Å². The van der Waals surface area contributed by atoms with Crippen LogP contribution in [0.2, 0.25) is 0 Å². The third-order valence-electron chi connectivity index (χ3n) is 4.96. The summed E-state index contributed by atoms with van der Waals surface area (Å²) in [7, 11) is 0. The van der Waals surface area contributed by atoms with E-state index in [4.69, 9.17) is 0 Å². The molecule has 4 aromatic carbocycles. The molecule has 0 aliphatic rings. The smallest absolute Gasteiger partial charge is 0.170 e. The van der Waals surface area contributed by atoms with Crippen molar-refractivity contribution in [2.24, 2.45) is 0 Å². The van der Waals surface area contributed by atoms with Gasteiger partial charge in [-0.2, -0.15) is 0 Å². The van der Waals surface area contributed by atoms with Crippen LogP contribution in [0.5, 0.6) is 0 Å². The molecule has 0 aliphatic carbocycles. The van der Waals surface area contributed by atoms with Crippen LogP contribution >= 0.6 is 0 Å². The van der Waals surface area contributed by atoms with Crippen molar-refractivity contribution < 1.29 is 35.1 Å². The van der Waals surface area contributed by atoms with Crippen molar-refractivity contribution >= 4 is 32.3 Å². The van der Waals surface area contributed by atoms with Gasteiger partial charge in [0.05, 0.1) is 10.8 Å². The highest BCUT2D eigenvalue weighted by Gasteiger charge is 2.33. The summed E-state index contributed by atoms with van der Waals surface area (Å²) in [6, 6.07) is 0. The van der Waals surface area contributed by atoms with Gasteiger partial charge in [0, 0.05) is 27.1 Å². The number of rotatable bonds is 1. The fraction of sp³-hybridized carbons (Fsp3) is 0.158. The summed E-state index contributed by atoms with van der Waals surface area (Å²) in [6.45, 7) is 2.23. The maximum atomic E-state index is 14.7. The van der Waals surface area contributed by atoms with E-state index >= 15 is 0 Å². The maximum Gasteiger partial charge on any atom is 0.170 e. The fourth-order valence-electron chi connectivity index (χ4n) is 3.74. The molecule has 0 saturated carbocycles. The van der Waals surface area contributed by atoms with Crippen molar-refractivity contribution in [1.82, 2.24) is 0 Å². The first kappa shape index (κ1) is 17.8. The predicted molar refractivity (Wildman–Crippen MR) is 83.9 cm³/mol. The van der Waals surface area contributed by atoms with Gasteiger partial charge in [-0.1, -0.05) is 6.92 Å². The standard InChI is InChI=1S/C19H8F8/c1-3-5-7-9-8-6(14(22)18(26)11(9)17(25)13(5)21)4(2)12(20)16(24)10(8)19(27)15(7)23/h3H2,1-2H3. The fourth-order valence-corrected chi connectivity index (χ4v) is 3.74. The second-order valence-corrected chi connectivity index (χ2v) is 6.22. The molecule has 27 heavy (non-hydrogen) atoms. The SMILES string of the molecule is CCc1c(F)c(F)c2c(F)c(F)c3c(C)c(F)c(F)c4c(F)c(F)c1c2c34. The molecular formula is C19H8F8. The average molecular weight is 388 g/mol. The Balaban J connectivity index is 2.61. The summed E-state index contributed by atoms with van der Waals surface area (Å²) in [5.74, 6) is -14.4. The highest BCUT2D eigenvalue weighted by atomic mass is 19.2. The lowest BCUT2D eigenvalue weighted by atomic mass is 9.87. The highest BCUT2D eigenvalue weighted by molar-refractivity contribution is 6.25. The zero-order valence-corrected chi connectivity index (χ0v) is 13.7. The van der Waals surface area contributed by atoms with Crippen molar-refractivity contribution in [2.45, 2.75) is 20.3 Å². The van der Waals surface area contributed by atoms with Crippen LogP contribution in [0.3, 0.4) is 0 Å². The summed E-state index contributed by atoms with van der Waals surface area (Å²) in [6.07, 6.45) is -0.312. The molecule has 0 bridgehead atoms. The molecule has 0 amide bonds. The molecule has 0 fully saturated rings. The lowest BCUT2D eigenvalue weighted by Gasteiger charge is -2.19. The first-order valence-electron chi connectivity index (χ1n) is 7.82. The lowest BCUT2D eigenvalue weighted by Crippen LogP contribution is -2.08. The third kappa shape index (κ3) is 1.88. The van der Waals surface area contributed by atoms with Gasteiger partial charge in [0.2, 0.25) is 0 Å². The van der Waals surface area contributed by atoms with Crippen molar-refractivity contribution in [2.75, 3.05) is 0 Å². The number of hydrogen-bond donors (Lipinski definition) is 0. The van der Waals surface area contributed by atoms with Gasteiger partial charge < -0.3 is 0 Å². The van der Waals surface area contributed by atoms with Crippen LogP contribution in [-0.2, 0) is 6.42 Å². The molecule has 4 aromatic rings. The highest BCUT2D eigenvalue weighted by Crippen LogP contribution is 2.46. The molecule has 0 heterocycles. The zero-order chi connectivity index (χ0) is 19.9. The van der Waals surface area contributed by atoms with Crippen molar-refractivity contribution in [3.63, 3.8) is 0 Å². The molecule has 0 aliphatic heterocycles. The van der Waals surface area contributed by atoms with Crippen molar-refractivity contribution in [3.8, 4) is 0 Å². The zero-order valence-electron chi connectivity index (χ0n) is 13.7. The van der Waals surface area contributed by atoms with E-state index in [1.54, 1.807) is 0 Å². The molecule has 0 N–H and O–H groups in total. The van der Waals surface area contributed by atoms with E-state index in [1.165, 1.54) is 6.92 Å². The molecule has 0 saturated heterocycles. The minimum atomic E-state index is -1.90. The van der Waals surface area contributed by atoms with E-state index in [9.17, 15) is 35.1 Å². The Bertz CT molecular complexity index is 1260. The molecule has 0 nitrogen and oxygen atoms in total. The van der Waals surface area contributed by atoms with Crippen LogP contribution < -0.4 is 0 Å². The Labute approximate surface area is 146 Å². The summed E-state index contributed by atoms with van der Waals surface area (Å²) in [4.78, 5) is 0. The van der Waals surface area contributed by atoms with E-state index < -0.39 is 90.0 Å². The largest absolute Gasteiger partial charge is 0.203 e. The van der Waals surface area contributed by atoms with Gasteiger partial charge in [0.25, 0.3) is 0 Å². The molecule has 4 rings (SSSR count). The van der Waals surface area contributed by atoms with E-state index in [0.717, 1.165) is 6.92 Å². The van der Waals surface area contributed by atoms with Crippen LogP contribution in [0.1, 0.15) is 18.1 Å². The first-order valence-corrected chi connectivity index (χ1v) is 7.82. The van der Waals surface area contributed by atoms with Gasteiger partial charge in [0.1, 0.15) is 0 Å². The molecule has 0 atom stereocenters. The number of benzene rings is 4. The number of hydrogen-bond acceptors (Lipinski definition) is 0. The molecule has 0 aromatic heterocycles. The van der Waals surface area contributed by atoms with Crippen LogP contribution in [0.25, 0.3) is 32.3 Å². The van der Waals surface area contributed by atoms with E-state index in [-0.39, 0.29) is 6.42 Å². The molecule has 0 spiro atoms. The van der Waals surface area contributed by atoms with Crippen LogP contribution in [-0.4, -0.2) is 0 Å². The minimum absolute atomic E-state index is 0.312. The Kier molecular flexibility index (Phi) is 3.57. The van der Waals surface area contributed by atoms with Crippen LogP contribution in [0, 0.1) is 53.5 Å². The Morgan fingerprint density at radius 2 is 0.815 bits per heavy atom. The Hall–Kier alpha value is -2.64.